The molecular formula is C19H21N5O. The number of hydrogen-bond acceptors (Lipinski definition) is 5. The molecule has 0 bridgehead atoms. The Labute approximate surface area is 147 Å². The standard InChI is InChI=1S/C19H21N5O/c1-14-10-20-19(22-18(14)16-11-21-23(2)12-16)24-8-9-25-17(13-24)15-6-4-3-5-7-15/h3-7,10-12,17H,8-9,13H2,1-2H3/t17-/m0/s1. The number of aromatic nitrogens is 4. The predicted octanol–water partition coefficient (Wildman–Crippen LogP) is 2.76. The van der Waals surface area contributed by atoms with Gasteiger partial charge in [0, 0.05) is 31.5 Å². The Morgan fingerprint density at radius 3 is 2.76 bits per heavy atom. The number of ether oxygens (including phenoxy) is 1. The molecule has 1 aliphatic heterocycles. The first-order chi connectivity index (χ1) is 12.2. The third-order valence-corrected chi connectivity index (χ3v) is 4.46. The summed E-state index contributed by atoms with van der Waals surface area (Å²) in [6.45, 7) is 4.23. The Morgan fingerprint density at radius 2 is 2.00 bits per heavy atom. The van der Waals surface area contributed by atoms with E-state index >= 15 is 0 Å². The van der Waals surface area contributed by atoms with Crippen LogP contribution in [0, 0.1) is 6.92 Å². The lowest BCUT2D eigenvalue weighted by molar-refractivity contribution is 0.0392. The van der Waals surface area contributed by atoms with E-state index < -0.39 is 0 Å². The van der Waals surface area contributed by atoms with Gasteiger partial charge in [0.1, 0.15) is 6.10 Å². The van der Waals surface area contributed by atoms with E-state index in [-0.39, 0.29) is 6.10 Å². The maximum atomic E-state index is 5.95. The molecule has 2 aromatic heterocycles. The number of anilines is 1. The van der Waals surface area contributed by atoms with Gasteiger partial charge in [-0.15, -0.1) is 0 Å². The van der Waals surface area contributed by atoms with Crippen LogP contribution in [0.5, 0.6) is 0 Å². The number of morpholine rings is 1. The highest BCUT2D eigenvalue weighted by Gasteiger charge is 2.24. The molecule has 0 saturated carbocycles. The van der Waals surface area contributed by atoms with Crippen molar-refractivity contribution in [2.75, 3.05) is 24.6 Å². The van der Waals surface area contributed by atoms with Gasteiger partial charge >= 0.3 is 0 Å². The van der Waals surface area contributed by atoms with Crippen molar-refractivity contribution in [3.8, 4) is 11.3 Å². The van der Waals surface area contributed by atoms with Crippen LogP contribution in [0.15, 0.2) is 48.9 Å². The number of nitrogens with zero attached hydrogens (tertiary/aromatic N) is 5. The third-order valence-electron chi connectivity index (χ3n) is 4.46. The van der Waals surface area contributed by atoms with Gasteiger partial charge in [0.15, 0.2) is 0 Å². The topological polar surface area (TPSA) is 56.1 Å². The highest BCUT2D eigenvalue weighted by atomic mass is 16.5. The van der Waals surface area contributed by atoms with Crippen LogP contribution in [0.25, 0.3) is 11.3 Å². The fraction of sp³-hybridized carbons (Fsp3) is 0.316. The molecule has 1 atom stereocenters. The number of benzene rings is 1. The zero-order valence-corrected chi connectivity index (χ0v) is 14.5. The highest BCUT2D eigenvalue weighted by molar-refractivity contribution is 5.62. The summed E-state index contributed by atoms with van der Waals surface area (Å²) in [4.78, 5) is 11.6. The molecule has 3 heterocycles. The second-order valence-electron chi connectivity index (χ2n) is 6.32. The summed E-state index contributed by atoms with van der Waals surface area (Å²) in [7, 11) is 1.91. The first-order valence-corrected chi connectivity index (χ1v) is 8.45. The van der Waals surface area contributed by atoms with Gasteiger partial charge < -0.3 is 9.64 Å². The average Bonchev–Trinajstić information content (AvgIpc) is 3.09. The van der Waals surface area contributed by atoms with Crippen LogP contribution in [-0.4, -0.2) is 39.4 Å². The molecule has 1 aromatic carbocycles. The molecule has 25 heavy (non-hydrogen) atoms. The zero-order chi connectivity index (χ0) is 17.2. The molecule has 1 fully saturated rings. The summed E-state index contributed by atoms with van der Waals surface area (Å²) in [6.07, 6.45) is 5.75. The molecule has 1 aliphatic rings. The van der Waals surface area contributed by atoms with Crippen molar-refractivity contribution in [2.45, 2.75) is 13.0 Å². The van der Waals surface area contributed by atoms with Crippen LogP contribution in [0.1, 0.15) is 17.2 Å². The Balaban J connectivity index is 1.61. The normalized spacial score (nSPS) is 17.7. The van der Waals surface area contributed by atoms with Crippen molar-refractivity contribution in [3.63, 3.8) is 0 Å². The molecule has 1 saturated heterocycles. The predicted molar refractivity (Wildman–Crippen MR) is 96.3 cm³/mol. The van der Waals surface area contributed by atoms with Crippen molar-refractivity contribution in [1.29, 1.82) is 0 Å². The Kier molecular flexibility index (Phi) is 4.19. The summed E-state index contributed by atoms with van der Waals surface area (Å²) < 4.78 is 7.74. The lowest BCUT2D eigenvalue weighted by atomic mass is 10.1. The van der Waals surface area contributed by atoms with Crippen molar-refractivity contribution in [1.82, 2.24) is 19.7 Å². The van der Waals surface area contributed by atoms with E-state index in [1.165, 1.54) is 5.56 Å². The monoisotopic (exact) mass is 335 g/mol. The number of rotatable bonds is 3. The third kappa shape index (κ3) is 3.25. The van der Waals surface area contributed by atoms with Crippen molar-refractivity contribution in [3.05, 3.63) is 60.0 Å². The molecule has 6 nitrogen and oxygen atoms in total. The van der Waals surface area contributed by atoms with Gasteiger partial charge in [-0.05, 0) is 18.1 Å². The minimum Gasteiger partial charge on any atom is -0.370 e. The molecule has 0 aliphatic carbocycles. The second kappa shape index (κ2) is 6.64. The largest absolute Gasteiger partial charge is 0.370 e. The van der Waals surface area contributed by atoms with Crippen LogP contribution < -0.4 is 4.90 Å². The summed E-state index contributed by atoms with van der Waals surface area (Å²) >= 11 is 0. The Bertz CT molecular complexity index is 861. The van der Waals surface area contributed by atoms with E-state index in [9.17, 15) is 0 Å². The van der Waals surface area contributed by atoms with E-state index in [4.69, 9.17) is 9.72 Å². The average molecular weight is 335 g/mol. The molecule has 0 radical (unpaired) electrons. The molecule has 0 amide bonds. The molecule has 0 N–H and O–H groups in total. The highest BCUT2D eigenvalue weighted by Crippen LogP contribution is 2.26. The molecule has 0 unspecified atom stereocenters. The Hall–Kier alpha value is -2.73. The number of hydrogen-bond donors (Lipinski definition) is 0. The van der Waals surface area contributed by atoms with Gasteiger partial charge in [0.05, 0.1) is 25.0 Å². The summed E-state index contributed by atoms with van der Waals surface area (Å²) in [5.41, 5.74) is 4.17. The minimum atomic E-state index is 0.0432. The van der Waals surface area contributed by atoms with E-state index in [0.717, 1.165) is 35.9 Å². The Morgan fingerprint density at radius 1 is 1.16 bits per heavy atom. The first-order valence-electron chi connectivity index (χ1n) is 8.45. The smallest absolute Gasteiger partial charge is 0.226 e. The van der Waals surface area contributed by atoms with Crippen LogP contribution in [0.4, 0.5) is 5.95 Å². The fourth-order valence-electron chi connectivity index (χ4n) is 3.12. The van der Waals surface area contributed by atoms with Gasteiger partial charge in [-0.3, -0.25) is 4.68 Å². The van der Waals surface area contributed by atoms with Gasteiger partial charge in [-0.25, -0.2) is 9.97 Å². The van der Waals surface area contributed by atoms with Gasteiger partial charge in [0.2, 0.25) is 5.95 Å². The molecule has 4 rings (SSSR count). The lowest BCUT2D eigenvalue weighted by Crippen LogP contribution is -2.39. The molecule has 0 spiro atoms. The second-order valence-corrected chi connectivity index (χ2v) is 6.32. The molecule has 6 heteroatoms. The van der Waals surface area contributed by atoms with Crippen LogP contribution in [0.2, 0.25) is 0 Å². The van der Waals surface area contributed by atoms with E-state index in [1.54, 1.807) is 4.68 Å². The van der Waals surface area contributed by atoms with Crippen LogP contribution >= 0.6 is 0 Å². The van der Waals surface area contributed by atoms with E-state index in [1.807, 2.05) is 50.8 Å². The summed E-state index contributed by atoms with van der Waals surface area (Å²) in [5, 5.41) is 4.25. The quantitative estimate of drug-likeness (QED) is 0.737. The van der Waals surface area contributed by atoms with E-state index in [0.29, 0.717) is 6.61 Å². The molecular weight excluding hydrogens is 314 g/mol. The van der Waals surface area contributed by atoms with Gasteiger partial charge in [-0.2, -0.15) is 5.10 Å². The molecule has 128 valence electrons. The van der Waals surface area contributed by atoms with Crippen molar-refractivity contribution in [2.24, 2.45) is 7.05 Å². The van der Waals surface area contributed by atoms with Crippen molar-refractivity contribution >= 4 is 5.95 Å². The van der Waals surface area contributed by atoms with Gasteiger partial charge in [0.25, 0.3) is 0 Å². The van der Waals surface area contributed by atoms with Crippen LogP contribution in [-0.2, 0) is 11.8 Å². The fourth-order valence-corrected chi connectivity index (χ4v) is 3.12. The van der Waals surface area contributed by atoms with E-state index in [2.05, 4.69) is 27.1 Å². The van der Waals surface area contributed by atoms with Crippen LogP contribution in [0.3, 0.4) is 0 Å². The minimum absolute atomic E-state index is 0.0432. The van der Waals surface area contributed by atoms with Gasteiger partial charge in [-0.1, -0.05) is 30.3 Å². The zero-order valence-electron chi connectivity index (χ0n) is 14.5. The SMILES string of the molecule is Cc1cnc(N2CCO[C@H](c3ccccc3)C2)nc1-c1cnn(C)c1. The van der Waals surface area contributed by atoms with Crippen molar-refractivity contribution < 1.29 is 4.74 Å². The summed E-state index contributed by atoms with van der Waals surface area (Å²) in [6, 6.07) is 10.3. The lowest BCUT2D eigenvalue weighted by Gasteiger charge is -2.33. The number of aryl methyl sites for hydroxylation is 2. The maximum Gasteiger partial charge on any atom is 0.226 e. The summed E-state index contributed by atoms with van der Waals surface area (Å²) in [5.74, 6) is 0.744. The molecule has 3 aromatic rings. The maximum absolute atomic E-state index is 5.95. The first kappa shape index (κ1) is 15.8.